The number of amides is 1. The summed E-state index contributed by atoms with van der Waals surface area (Å²) < 4.78 is 0. The van der Waals surface area contributed by atoms with Gasteiger partial charge >= 0.3 is 0 Å². The van der Waals surface area contributed by atoms with Crippen LogP contribution >= 0.6 is 0 Å². The lowest BCUT2D eigenvalue weighted by atomic mass is 10.2. The Bertz CT molecular complexity index is 616. The Morgan fingerprint density at radius 2 is 2.22 bits per heavy atom. The van der Waals surface area contributed by atoms with Gasteiger partial charge in [-0.1, -0.05) is 6.07 Å². The van der Waals surface area contributed by atoms with Crippen molar-refractivity contribution in [1.82, 2.24) is 15.2 Å². The van der Waals surface area contributed by atoms with Crippen LogP contribution in [0, 0.1) is 23.2 Å². The molecule has 1 amide bonds. The highest BCUT2D eigenvalue weighted by Gasteiger charge is 2.55. The van der Waals surface area contributed by atoms with Crippen molar-refractivity contribution in [3.8, 4) is 6.07 Å². The van der Waals surface area contributed by atoms with E-state index >= 15 is 0 Å². The molecule has 4 rings (SSSR count). The van der Waals surface area contributed by atoms with Gasteiger partial charge in [0.25, 0.3) is 0 Å². The van der Waals surface area contributed by atoms with Crippen molar-refractivity contribution in [3.63, 3.8) is 0 Å². The Hall–Kier alpha value is -2.13. The van der Waals surface area contributed by atoms with E-state index in [9.17, 15) is 4.79 Å². The molecule has 3 unspecified atom stereocenters. The van der Waals surface area contributed by atoms with Gasteiger partial charge in [0.2, 0.25) is 5.91 Å². The average Bonchev–Trinajstić information content (AvgIpc) is 3.00. The Kier molecular flexibility index (Phi) is 3.66. The Balaban J connectivity index is 1.25. The smallest absolute Gasteiger partial charge is 0.237 e. The SMILES string of the molecule is N#CC1CCCN1C(=O)CNC1C2CN(c3ccccn3)CC21. The van der Waals surface area contributed by atoms with Crippen LogP contribution in [0.2, 0.25) is 0 Å². The molecule has 1 saturated carbocycles. The lowest BCUT2D eigenvalue weighted by Gasteiger charge is -2.22. The first-order chi connectivity index (χ1) is 11.3. The highest BCUT2D eigenvalue weighted by molar-refractivity contribution is 5.79. The molecule has 0 aromatic carbocycles. The molecule has 2 aliphatic heterocycles. The van der Waals surface area contributed by atoms with Crippen LogP contribution in [0.3, 0.4) is 0 Å². The number of carbonyl (C=O) groups excluding carboxylic acids is 1. The number of aromatic nitrogens is 1. The number of rotatable bonds is 4. The predicted molar refractivity (Wildman–Crippen MR) is 85.6 cm³/mol. The summed E-state index contributed by atoms with van der Waals surface area (Å²) in [6, 6.07) is 8.45. The van der Waals surface area contributed by atoms with Crippen molar-refractivity contribution in [2.24, 2.45) is 11.8 Å². The van der Waals surface area contributed by atoms with Gasteiger partial charge in [-0.3, -0.25) is 4.79 Å². The van der Waals surface area contributed by atoms with Crippen LogP contribution in [0.15, 0.2) is 24.4 Å². The molecule has 3 atom stereocenters. The van der Waals surface area contributed by atoms with Crippen LogP contribution in [-0.2, 0) is 4.79 Å². The van der Waals surface area contributed by atoms with Gasteiger partial charge in [-0.05, 0) is 36.8 Å². The van der Waals surface area contributed by atoms with Gasteiger partial charge in [-0.2, -0.15) is 5.26 Å². The molecule has 3 aliphatic rings. The van der Waals surface area contributed by atoms with E-state index in [0.29, 0.717) is 24.4 Å². The van der Waals surface area contributed by atoms with E-state index < -0.39 is 0 Å². The molecule has 6 nitrogen and oxygen atoms in total. The highest BCUT2D eigenvalue weighted by atomic mass is 16.2. The van der Waals surface area contributed by atoms with Crippen LogP contribution in [-0.4, -0.2) is 54.1 Å². The number of nitrogens with one attached hydrogen (secondary N) is 1. The molecule has 1 aromatic rings. The minimum atomic E-state index is -0.220. The summed E-state index contributed by atoms with van der Waals surface area (Å²) in [6.07, 6.45) is 3.59. The van der Waals surface area contributed by atoms with Gasteiger partial charge in [-0.25, -0.2) is 4.98 Å². The van der Waals surface area contributed by atoms with Gasteiger partial charge in [0.1, 0.15) is 11.9 Å². The van der Waals surface area contributed by atoms with Crippen molar-refractivity contribution in [3.05, 3.63) is 24.4 Å². The first-order valence-electron chi connectivity index (χ1n) is 8.36. The molecule has 0 radical (unpaired) electrons. The molecule has 3 heterocycles. The van der Waals surface area contributed by atoms with E-state index in [1.807, 2.05) is 24.4 Å². The third-order valence-corrected chi connectivity index (χ3v) is 5.38. The summed E-state index contributed by atoms with van der Waals surface area (Å²) in [5.41, 5.74) is 0. The zero-order valence-corrected chi connectivity index (χ0v) is 13.1. The van der Waals surface area contributed by atoms with Crippen LogP contribution in [0.1, 0.15) is 12.8 Å². The second-order valence-corrected chi connectivity index (χ2v) is 6.70. The number of nitrogens with zero attached hydrogens (tertiary/aromatic N) is 4. The maximum absolute atomic E-state index is 12.2. The molecular weight excluding hydrogens is 290 g/mol. The van der Waals surface area contributed by atoms with Crippen molar-refractivity contribution in [1.29, 1.82) is 5.26 Å². The Labute approximate surface area is 136 Å². The summed E-state index contributed by atoms with van der Waals surface area (Å²) in [5, 5.41) is 12.5. The summed E-state index contributed by atoms with van der Waals surface area (Å²) in [5.74, 6) is 2.36. The van der Waals surface area contributed by atoms with Gasteiger partial charge in [-0.15, -0.1) is 0 Å². The van der Waals surface area contributed by atoms with E-state index in [4.69, 9.17) is 5.26 Å². The van der Waals surface area contributed by atoms with Crippen LogP contribution in [0.25, 0.3) is 0 Å². The number of likely N-dealkylation sites (tertiary alicyclic amines) is 1. The number of fused-ring (bicyclic) bond motifs is 1. The van der Waals surface area contributed by atoms with Crippen molar-refractivity contribution < 1.29 is 4.79 Å². The lowest BCUT2D eigenvalue weighted by molar-refractivity contribution is -0.130. The third-order valence-electron chi connectivity index (χ3n) is 5.38. The molecule has 1 aliphatic carbocycles. The standard InChI is InChI=1S/C17H21N5O/c18-8-12-4-3-7-22(12)16(23)9-20-17-13-10-21(11-14(13)17)15-5-1-2-6-19-15/h1-2,5-6,12-14,17,20H,3-4,7,9-11H2. The quantitative estimate of drug-likeness (QED) is 0.882. The lowest BCUT2D eigenvalue weighted by Crippen LogP contribution is -2.42. The summed E-state index contributed by atoms with van der Waals surface area (Å²) in [6.45, 7) is 3.11. The van der Waals surface area contributed by atoms with E-state index in [1.165, 1.54) is 0 Å². The number of anilines is 1. The minimum absolute atomic E-state index is 0.0700. The summed E-state index contributed by atoms with van der Waals surface area (Å²) in [7, 11) is 0. The molecular formula is C17H21N5O. The zero-order valence-electron chi connectivity index (χ0n) is 13.1. The first kappa shape index (κ1) is 14.5. The van der Waals surface area contributed by atoms with Crippen LogP contribution < -0.4 is 10.2 Å². The largest absolute Gasteiger partial charge is 0.356 e. The number of hydrogen-bond donors (Lipinski definition) is 1. The normalized spacial score (nSPS) is 31.8. The number of carbonyl (C=O) groups is 1. The zero-order chi connectivity index (χ0) is 15.8. The molecule has 0 spiro atoms. The van der Waals surface area contributed by atoms with E-state index in [0.717, 1.165) is 38.3 Å². The third kappa shape index (κ3) is 2.66. The van der Waals surface area contributed by atoms with Gasteiger partial charge < -0.3 is 15.1 Å². The molecule has 2 saturated heterocycles. The maximum Gasteiger partial charge on any atom is 0.237 e. The molecule has 0 bridgehead atoms. The molecule has 1 N–H and O–H groups in total. The topological polar surface area (TPSA) is 72.3 Å². The fourth-order valence-corrected chi connectivity index (χ4v) is 4.06. The van der Waals surface area contributed by atoms with Crippen LogP contribution in [0.5, 0.6) is 0 Å². The summed E-state index contributed by atoms with van der Waals surface area (Å²) in [4.78, 5) is 20.7. The number of hydrogen-bond acceptors (Lipinski definition) is 5. The van der Waals surface area contributed by atoms with Crippen LogP contribution in [0.4, 0.5) is 5.82 Å². The fourth-order valence-electron chi connectivity index (χ4n) is 4.06. The van der Waals surface area contributed by atoms with Gasteiger partial charge in [0, 0.05) is 31.9 Å². The minimum Gasteiger partial charge on any atom is -0.356 e. The number of pyridine rings is 1. The van der Waals surface area contributed by atoms with Gasteiger partial charge in [0.05, 0.1) is 12.6 Å². The van der Waals surface area contributed by atoms with Crippen molar-refractivity contribution in [2.75, 3.05) is 31.1 Å². The maximum atomic E-state index is 12.2. The molecule has 6 heteroatoms. The monoisotopic (exact) mass is 311 g/mol. The highest BCUT2D eigenvalue weighted by Crippen LogP contribution is 2.46. The van der Waals surface area contributed by atoms with E-state index in [1.54, 1.807) is 4.90 Å². The summed E-state index contributed by atoms with van der Waals surface area (Å²) >= 11 is 0. The molecule has 1 aromatic heterocycles. The molecule has 3 fully saturated rings. The first-order valence-corrected chi connectivity index (χ1v) is 8.36. The van der Waals surface area contributed by atoms with Gasteiger partial charge in [0.15, 0.2) is 0 Å². The second kappa shape index (κ2) is 5.82. The Morgan fingerprint density at radius 1 is 1.39 bits per heavy atom. The molecule has 120 valence electrons. The van der Waals surface area contributed by atoms with E-state index in [-0.39, 0.29) is 11.9 Å². The fraction of sp³-hybridized carbons (Fsp3) is 0.588. The predicted octanol–water partition coefficient (Wildman–Crippen LogP) is 0.620. The number of piperidine rings is 1. The second-order valence-electron chi connectivity index (χ2n) is 6.70. The molecule has 23 heavy (non-hydrogen) atoms. The van der Waals surface area contributed by atoms with Crippen molar-refractivity contribution in [2.45, 2.75) is 24.9 Å². The Morgan fingerprint density at radius 3 is 2.91 bits per heavy atom. The number of nitriles is 1. The van der Waals surface area contributed by atoms with E-state index in [2.05, 4.69) is 21.3 Å². The average molecular weight is 311 g/mol. The van der Waals surface area contributed by atoms with Crippen molar-refractivity contribution >= 4 is 11.7 Å².